The van der Waals surface area contributed by atoms with E-state index in [1.54, 1.807) is 4.90 Å². The fraction of sp³-hybridized carbons (Fsp3) is 0.263. The molecule has 1 fully saturated rings. The molecule has 1 saturated heterocycles. The Morgan fingerprint density at radius 2 is 1.65 bits per heavy atom. The second-order valence-corrected chi connectivity index (χ2v) is 6.35. The second-order valence-electron chi connectivity index (χ2n) is 5.94. The highest BCUT2D eigenvalue weighted by Gasteiger charge is 2.23. The van der Waals surface area contributed by atoms with Crippen molar-refractivity contribution in [1.29, 1.82) is 0 Å². The van der Waals surface area contributed by atoms with Crippen LogP contribution in [-0.2, 0) is 9.53 Å². The molecule has 0 spiro atoms. The molecule has 1 aliphatic rings. The molecule has 1 N–H and O–H groups in total. The molecule has 1 amide bonds. The number of hydrogen-bond acceptors (Lipinski definition) is 5. The van der Waals surface area contributed by atoms with Crippen LogP contribution in [0.3, 0.4) is 0 Å². The lowest BCUT2D eigenvalue weighted by Crippen LogP contribution is -2.50. The zero-order valence-corrected chi connectivity index (χ0v) is 14.9. The topological polar surface area (TPSA) is 70.1 Å². The Morgan fingerprint density at radius 1 is 1.00 bits per heavy atom. The molecule has 0 radical (unpaired) electrons. The van der Waals surface area contributed by atoms with E-state index in [9.17, 15) is 14.7 Å². The first-order chi connectivity index (χ1) is 12.5. The second kappa shape index (κ2) is 8.10. The lowest BCUT2D eigenvalue weighted by Gasteiger charge is -2.36. The van der Waals surface area contributed by atoms with Crippen molar-refractivity contribution in [3.8, 4) is 5.75 Å². The van der Waals surface area contributed by atoms with Crippen LogP contribution in [0.15, 0.2) is 48.5 Å². The predicted molar refractivity (Wildman–Crippen MR) is 98.6 cm³/mol. The van der Waals surface area contributed by atoms with E-state index in [1.165, 1.54) is 24.3 Å². The summed E-state index contributed by atoms with van der Waals surface area (Å²) in [6.45, 7) is 2.12. The fourth-order valence-corrected chi connectivity index (χ4v) is 3.06. The largest absolute Gasteiger partial charge is 0.508 e. The Balaban J connectivity index is 1.48. The third-order valence-electron chi connectivity index (χ3n) is 4.26. The number of halogens is 1. The number of carbonyl (C=O) groups is 2. The number of para-hydroxylation sites is 1. The Kier molecular flexibility index (Phi) is 5.63. The summed E-state index contributed by atoms with van der Waals surface area (Å²) in [7, 11) is 0. The lowest BCUT2D eigenvalue weighted by atomic mass is 10.2. The van der Waals surface area contributed by atoms with E-state index in [0.29, 0.717) is 36.8 Å². The van der Waals surface area contributed by atoms with Crippen LogP contribution in [0, 0.1) is 0 Å². The molecule has 0 aliphatic carbocycles. The third kappa shape index (κ3) is 4.26. The summed E-state index contributed by atoms with van der Waals surface area (Å²) in [6.07, 6.45) is 0. The average molecular weight is 375 g/mol. The number of nitrogens with zero attached hydrogens (tertiary/aromatic N) is 2. The Hall–Kier alpha value is -2.73. The first-order valence-corrected chi connectivity index (χ1v) is 8.66. The van der Waals surface area contributed by atoms with E-state index in [2.05, 4.69) is 4.90 Å². The molecular weight excluding hydrogens is 356 g/mol. The molecule has 6 nitrogen and oxygen atoms in total. The van der Waals surface area contributed by atoms with Gasteiger partial charge in [-0.1, -0.05) is 23.7 Å². The van der Waals surface area contributed by atoms with E-state index in [0.717, 1.165) is 5.69 Å². The van der Waals surface area contributed by atoms with Crippen LogP contribution in [0.25, 0.3) is 0 Å². The molecule has 136 valence electrons. The fourth-order valence-electron chi connectivity index (χ4n) is 2.80. The number of phenols is 1. The smallest absolute Gasteiger partial charge is 0.338 e. The molecule has 0 bridgehead atoms. The number of amides is 1. The van der Waals surface area contributed by atoms with Crippen LogP contribution < -0.4 is 4.90 Å². The van der Waals surface area contributed by atoms with Gasteiger partial charge >= 0.3 is 5.97 Å². The first kappa shape index (κ1) is 18.1. The van der Waals surface area contributed by atoms with E-state index in [1.807, 2.05) is 24.3 Å². The number of esters is 1. The molecule has 0 saturated carbocycles. The molecule has 2 aromatic rings. The van der Waals surface area contributed by atoms with Gasteiger partial charge in [0.15, 0.2) is 6.61 Å². The minimum Gasteiger partial charge on any atom is -0.508 e. The van der Waals surface area contributed by atoms with Gasteiger partial charge in [0.1, 0.15) is 5.75 Å². The maximum atomic E-state index is 12.3. The summed E-state index contributed by atoms with van der Waals surface area (Å²) in [6, 6.07) is 13.3. The Labute approximate surface area is 156 Å². The van der Waals surface area contributed by atoms with E-state index in [-0.39, 0.29) is 18.3 Å². The van der Waals surface area contributed by atoms with E-state index in [4.69, 9.17) is 16.3 Å². The number of anilines is 1. The SMILES string of the molecule is O=C(OCC(=O)N1CCN(c2ccccc2Cl)CC1)c1ccc(O)cc1. The maximum absolute atomic E-state index is 12.3. The van der Waals surface area contributed by atoms with E-state index >= 15 is 0 Å². The molecule has 0 unspecified atom stereocenters. The average Bonchev–Trinajstić information content (AvgIpc) is 2.67. The molecule has 26 heavy (non-hydrogen) atoms. The zero-order chi connectivity index (χ0) is 18.5. The number of phenolic OH excluding ortho intramolecular Hbond substituents is 1. The summed E-state index contributed by atoms with van der Waals surface area (Å²) >= 11 is 6.21. The number of hydrogen-bond donors (Lipinski definition) is 1. The van der Waals surface area contributed by atoms with E-state index < -0.39 is 5.97 Å². The number of benzene rings is 2. The van der Waals surface area contributed by atoms with Gasteiger partial charge in [0.25, 0.3) is 5.91 Å². The van der Waals surface area contributed by atoms with Crippen LogP contribution in [0.4, 0.5) is 5.69 Å². The highest BCUT2D eigenvalue weighted by atomic mass is 35.5. The summed E-state index contributed by atoms with van der Waals surface area (Å²) in [4.78, 5) is 28.0. The molecule has 0 aromatic heterocycles. The van der Waals surface area contributed by atoms with Crippen LogP contribution in [0.2, 0.25) is 5.02 Å². The van der Waals surface area contributed by atoms with Gasteiger partial charge in [-0.2, -0.15) is 0 Å². The molecule has 1 aliphatic heterocycles. The van der Waals surface area contributed by atoms with Gasteiger partial charge in [0.2, 0.25) is 0 Å². The van der Waals surface area contributed by atoms with Crippen LogP contribution in [0.5, 0.6) is 5.75 Å². The van der Waals surface area contributed by atoms with Crippen molar-refractivity contribution in [2.75, 3.05) is 37.7 Å². The number of ether oxygens (including phenoxy) is 1. The normalized spacial score (nSPS) is 14.2. The van der Waals surface area contributed by atoms with Gasteiger partial charge < -0.3 is 19.6 Å². The van der Waals surface area contributed by atoms with Crippen LogP contribution in [0.1, 0.15) is 10.4 Å². The number of rotatable bonds is 4. The Bertz CT molecular complexity index is 786. The predicted octanol–water partition coefficient (Wildman–Crippen LogP) is 2.55. The molecule has 2 aromatic carbocycles. The third-order valence-corrected chi connectivity index (χ3v) is 4.57. The molecule has 7 heteroatoms. The zero-order valence-electron chi connectivity index (χ0n) is 14.1. The number of carbonyl (C=O) groups excluding carboxylic acids is 2. The van der Waals surface area contributed by atoms with Crippen molar-refractivity contribution < 1.29 is 19.4 Å². The number of aromatic hydroxyl groups is 1. The summed E-state index contributed by atoms with van der Waals surface area (Å²) in [5.41, 5.74) is 1.25. The van der Waals surface area contributed by atoms with Gasteiger partial charge in [0.05, 0.1) is 16.3 Å². The molecular formula is C19H19ClN2O4. The van der Waals surface area contributed by atoms with Crippen molar-refractivity contribution in [3.05, 3.63) is 59.1 Å². The molecule has 3 rings (SSSR count). The molecule has 1 heterocycles. The highest BCUT2D eigenvalue weighted by Crippen LogP contribution is 2.26. The quantitative estimate of drug-likeness (QED) is 0.833. The standard InChI is InChI=1S/C19H19ClN2O4/c20-16-3-1-2-4-17(16)21-9-11-22(12-10-21)18(24)13-26-19(25)14-5-7-15(23)8-6-14/h1-8,23H,9-13H2. The van der Waals surface area contributed by atoms with Crippen molar-refractivity contribution >= 4 is 29.2 Å². The minimum absolute atomic E-state index is 0.0639. The highest BCUT2D eigenvalue weighted by molar-refractivity contribution is 6.33. The first-order valence-electron chi connectivity index (χ1n) is 8.28. The van der Waals surface area contributed by atoms with Crippen molar-refractivity contribution in [1.82, 2.24) is 4.90 Å². The van der Waals surface area contributed by atoms with Gasteiger partial charge in [-0.15, -0.1) is 0 Å². The van der Waals surface area contributed by atoms with Crippen LogP contribution >= 0.6 is 11.6 Å². The van der Waals surface area contributed by atoms with Gasteiger partial charge in [-0.05, 0) is 36.4 Å². The summed E-state index contributed by atoms with van der Waals surface area (Å²) in [5.74, 6) is -0.752. The van der Waals surface area contributed by atoms with Crippen LogP contribution in [-0.4, -0.2) is 54.7 Å². The van der Waals surface area contributed by atoms with Gasteiger partial charge in [-0.3, -0.25) is 4.79 Å². The lowest BCUT2D eigenvalue weighted by molar-refractivity contribution is -0.134. The molecule has 0 atom stereocenters. The van der Waals surface area contributed by atoms with Gasteiger partial charge in [0, 0.05) is 26.2 Å². The van der Waals surface area contributed by atoms with Crippen molar-refractivity contribution in [2.45, 2.75) is 0 Å². The Morgan fingerprint density at radius 3 is 2.31 bits per heavy atom. The van der Waals surface area contributed by atoms with Crippen molar-refractivity contribution in [3.63, 3.8) is 0 Å². The van der Waals surface area contributed by atoms with Gasteiger partial charge in [-0.25, -0.2) is 4.79 Å². The summed E-state index contributed by atoms with van der Waals surface area (Å²) < 4.78 is 5.07. The maximum Gasteiger partial charge on any atom is 0.338 e. The summed E-state index contributed by atoms with van der Waals surface area (Å²) in [5, 5.41) is 9.91. The van der Waals surface area contributed by atoms with Crippen molar-refractivity contribution in [2.24, 2.45) is 0 Å². The minimum atomic E-state index is -0.590. The monoisotopic (exact) mass is 374 g/mol. The number of piperazine rings is 1.